The lowest BCUT2D eigenvalue weighted by Crippen LogP contribution is -2.48. The third-order valence-corrected chi connectivity index (χ3v) is 4.72. The zero-order valence-corrected chi connectivity index (χ0v) is 11.8. The summed E-state index contributed by atoms with van der Waals surface area (Å²) in [7, 11) is 0. The highest BCUT2D eigenvalue weighted by Crippen LogP contribution is 2.49. The van der Waals surface area contributed by atoms with Crippen LogP contribution >= 0.6 is 0 Å². The quantitative estimate of drug-likeness (QED) is 0.231. The van der Waals surface area contributed by atoms with Crippen LogP contribution in [-0.4, -0.2) is 18.5 Å². The zero-order chi connectivity index (χ0) is 13.0. The fourth-order valence-corrected chi connectivity index (χ4v) is 3.71. The monoisotopic (exact) mass is 252 g/mol. The topological polar surface area (TPSA) is 62.4 Å². The molecule has 0 aromatic carbocycles. The fourth-order valence-electron chi connectivity index (χ4n) is 3.71. The molecule has 4 atom stereocenters. The molecule has 104 valence electrons. The first-order valence-corrected chi connectivity index (χ1v) is 7.52. The first kappa shape index (κ1) is 13.7. The van der Waals surface area contributed by atoms with E-state index in [2.05, 4.69) is 29.6 Å². The Bertz CT molecular complexity index is 290. The van der Waals surface area contributed by atoms with E-state index in [-0.39, 0.29) is 0 Å². The summed E-state index contributed by atoms with van der Waals surface area (Å²) in [4.78, 5) is 4.47. The molecule has 0 heterocycles. The minimum absolute atomic E-state index is 0.483. The summed E-state index contributed by atoms with van der Waals surface area (Å²) in [5.74, 6) is 9.04. The van der Waals surface area contributed by atoms with Gasteiger partial charge in [-0.25, -0.2) is 5.84 Å². The highest BCUT2D eigenvalue weighted by atomic mass is 15.3. The van der Waals surface area contributed by atoms with E-state index in [1.54, 1.807) is 0 Å². The summed E-state index contributed by atoms with van der Waals surface area (Å²) in [5.41, 5.74) is 2.70. The lowest BCUT2D eigenvalue weighted by atomic mass is 9.84. The number of nitrogens with two attached hydrogens (primary N) is 1. The Morgan fingerprint density at radius 3 is 2.78 bits per heavy atom. The normalized spacial score (nSPS) is 32.6. The molecular formula is C14H28N4. The van der Waals surface area contributed by atoms with Crippen LogP contribution in [0.4, 0.5) is 0 Å². The summed E-state index contributed by atoms with van der Waals surface area (Å²) in [6, 6.07) is 0.483. The standard InChI is InChI=1S/C14H28N4/c1-3-4-7-16-14(18-15)17-10(2)13-9-11-5-6-12(13)8-11/h10-13H,3-9,15H2,1-2H3,(H2,16,17,18). The van der Waals surface area contributed by atoms with Crippen molar-refractivity contribution in [3.05, 3.63) is 0 Å². The molecule has 2 saturated carbocycles. The number of aliphatic imine (C=N–C) groups is 1. The number of guanidine groups is 1. The molecule has 0 aromatic rings. The van der Waals surface area contributed by atoms with Crippen LogP contribution in [0.25, 0.3) is 0 Å². The maximum Gasteiger partial charge on any atom is 0.205 e. The van der Waals surface area contributed by atoms with Gasteiger partial charge in [0.1, 0.15) is 0 Å². The van der Waals surface area contributed by atoms with Gasteiger partial charge in [-0.3, -0.25) is 10.4 Å². The van der Waals surface area contributed by atoms with Crippen LogP contribution in [-0.2, 0) is 0 Å². The van der Waals surface area contributed by atoms with Gasteiger partial charge in [0, 0.05) is 12.6 Å². The zero-order valence-electron chi connectivity index (χ0n) is 11.8. The first-order chi connectivity index (χ1) is 8.74. The molecule has 0 spiro atoms. The smallest absolute Gasteiger partial charge is 0.205 e. The molecule has 0 radical (unpaired) electrons. The molecule has 4 unspecified atom stereocenters. The van der Waals surface area contributed by atoms with E-state index < -0.39 is 0 Å². The van der Waals surface area contributed by atoms with Crippen molar-refractivity contribution in [2.45, 2.75) is 58.4 Å². The average Bonchev–Trinajstić information content (AvgIpc) is 2.99. The van der Waals surface area contributed by atoms with Gasteiger partial charge in [-0.2, -0.15) is 0 Å². The highest BCUT2D eigenvalue weighted by molar-refractivity contribution is 5.79. The first-order valence-electron chi connectivity index (χ1n) is 7.52. The third-order valence-electron chi connectivity index (χ3n) is 4.72. The van der Waals surface area contributed by atoms with Crippen molar-refractivity contribution in [2.75, 3.05) is 6.54 Å². The van der Waals surface area contributed by atoms with E-state index in [1.807, 2.05) is 0 Å². The molecule has 18 heavy (non-hydrogen) atoms. The third kappa shape index (κ3) is 3.16. The maximum atomic E-state index is 5.53. The van der Waals surface area contributed by atoms with Gasteiger partial charge in [-0.15, -0.1) is 0 Å². The molecule has 0 amide bonds. The Morgan fingerprint density at radius 2 is 2.22 bits per heavy atom. The Morgan fingerprint density at radius 1 is 1.39 bits per heavy atom. The van der Waals surface area contributed by atoms with Gasteiger partial charge in [0.15, 0.2) is 0 Å². The van der Waals surface area contributed by atoms with Crippen molar-refractivity contribution >= 4 is 5.96 Å². The second-order valence-corrected chi connectivity index (χ2v) is 6.00. The summed E-state index contributed by atoms with van der Waals surface area (Å²) in [5, 5.41) is 3.47. The lowest BCUT2D eigenvalue weighted by Gasteiger charge is -2.29. The van der Waals surface area contributed by atoms with Crippen molar-refractivity contribution in [1.82, 2.24) is 10.7 Å². The van der Waals surface area contributed by atoms with Crippen LogP contribution in [0.1, 0.15) is 52.4 Å². The molecule has 4 heteroatoms. The largest absolute Gasteiger partial charge is 0.353 e. The Balaban J connectivity index is 1.81. The molecule has 0 aliphatic heterocycles. The number of fused-ring (bicyclic) bond motifs is 2. The minimum atomic E-state index is 0.483. The van der Waals surface area contributed by atoms with E-state index in [0.29, 0.717) is 6.04 Å². The Kier molecular flexibility index (Phi) is 4.87. The SMILES string of the molecule is CCCCN=C(NN)NC(C)C1CC2CCC1C2. The van der Waals surface area contributed by atoms with Gasteiger partial charge in [-0.1, -0.05) is 19.8 Å². The molecule has 4 nitrogen and oxygen atoms in total. The van der Waals surface area contributed by atoms with Crippen LogP contribution in [0, 0.1) is 17.8 Å². The molecule has 4 N–H and O–H groups in total. The number of hydrogen-bond acceptors (Lipinski definition) is 2. The second kappa shape index (κ2) is 6.41. The molecule has 2 bridgehead atoms. The van der Waals surface area contributed by atoms with Crippen molar-refractivity contribution in [3.63, 3.8) is 0 Å². The van der Waals surface area contributed by atoms with Crippen LogP contribution in [0.5, 0.6) is 0 Å². The summed E-state index contributed by atoms with van der Waals surface area (Å²) < 4.78 is 0. The van der Waals surface area contributed by atoms with Crippen LogP contribution in [0.2, 0.25) is 0 Å². The predicted octanol–water partition coefficient (Wildman–Crippen LogP) is 2.02. The number of unbranched alkanes of at least 4 members (excludes halogenated alkanes) is 1. The van der Waals surface area contributed by atoms with Gasteiger partial charge in [0.2, 0.25) is 5.96 Å². The van der Waals surface area contributed by atoms with E-state index >= 15 is 0 Å². The summed E-state index contributed by atoms with van der Waals surface area (Å²) >= 11 is 0. The van der Waals surface area contributed by atoms with Crippen molar-refractivity contribution in [2.24, 2.45) is 28.6 Å². The summed E-state index contributed by atoms with van der Waals surface area (Å²) in [6.07, 6.45) is 8.03. The number of hydrazine groups is 1. The lowest BCUT2D eigenvalue weighted by molar-refractivity contribution is 0.277. The minimum Gasteiger partial charge on any atom is -0.353 e. The fraction of sp³-hybridized carbons (Fsp3) is 0.929. The Hall–Kier alpha value is -0.770. The highest BCUT2D eigenvalue weighted by Gasteiger charge is 2.41. The van der Waals surface area contributed by atoms with Gasteiger partial charge >= 0.3 is 0 Å². The van der Waals surface area contributed by atoms with Crippen molar-refractivity contribution < 1.29 is 0 Å². The predicted molar refractivity (Wildman–Crippen MR) is 76.1 cm³/mol. The molecule has 2 fully saturated rings. The van der Waals surface area contributed by atoms with Crippen molar-refractivity contribution in [1.29, 1.82) is 0 Å². The number of nitrogens with one attached hydrogen (secondary N) is 2. The number of hydrogen-bond donors (Lipinski definition) is 3. The van der Waals surface area contributed by atoms with Gasteiger partial charge in [0.25, 0.3) is 0 Å². The van der Waals surface area contributed by atoms with E-state index in [4.69, 9.17) is 5.84 Å². The molecule has 2 aliphatic rings. The van der Waals surface area contributed by atoms with Crippen LogP contribution < -0.4 is 16.6 Å². The number of rotatable bonds is 5. The molecule has 0 saturated heterocycles. The van der Waals surface area contributed by atoms with Gasteiger partial charge in [-0.05, 0) is 50.4 Å². The van der Waals surface area contributed by atoms with Crippen molar-refractivity contribution in [3.8, 4) is 0 Å². The van der Waals surface area contributed by atoms with E-state index in [1.165, 1.54) is 32.1 Å². The Labute approximate surface area is 111 Å². The molecule has 0 aromatic heterocycles. The van der Waals surface area contributed by atoms with E-state index in [0.717, 1.165) is 36.7 Å². The van der Waals surface area contributed by atoms with Gasteiger partial charge < -0.3 is 5.32 Å². The molecule has 2 aliphatic carbocycles. The van der Waals surface area contributed by atoms with E-state index in [9.17, 15) is 0 Å². The maximum absolute atomic E-state index is 5.53. The summed E-state index contributed by atoms with van der Waals surface area (Å²) in [6.45, 7) is 5.31. The molecular weight excluding hydrogens is 224 g/mol. The van der Waals surface area contributed by atoms with Crippen LogP contribution in [0.15, 0.2) is 4.99 Å². The van der Waals surface area contributed by atoms with Gasteiger partial charge in [0.05, 0.1) is 0 Å². The van der Waals surface area contributed by atoms with Crippen LogP contribution in [0.3, 0.4) is 0 Å². The second-order valence-electron chi connectivity index (χ2n) is 6.00. The number of nitrogens with zero attached hydrogens (tertiary/aromatic N) is 1. The average molecular weight is 252 g/mol. The molecule has 2 rings (SSSR count).